The van der Waals surface area contributed by atoms with E-state index in [0.29, 0.717) is 0 Å². The highest BCUT2D eigenvalue weighted by Gasteiger charge is 2.51. The van der Waals surface area contributed by atoms with Gasteiger partial charge in [-0.2, -0.15) is 18.3 Å². The molecule has 0 bridgehead atoms. The Morgan fingerprint density at radius 2 is 1.95 bits per heavy atom. The van der Waals surface area contributed by atoms with Crippen LogP contribution in [0.3, 0.4) is 0 Å². The van der Waals surface area contributed by atoms with E-state index in [-0.39, 0.29) is 28.8 Å². The molecule has 1 unspecified atom stereocenters. The number of nitrogen functional groups attached to an aromatic ring is 1. The molecule has 2 saturated heterocycles. The number of hydrogen-bond donors (Lipinski definition) is 1. The lowest BCUT2D eigenvalue weighted by Gasteiger charge is -2.48. The molecule has 14 heteroatoms. The van der Waals surface area contributed by atoms with Crippen molar-refractivity contribution in [1.29, 1.82) is 0 Å². The second kappa shape index (κ2) is 10.4. The van der Waals surface area contributed by atoms with Gasteiger partial charge < -0.3 is 24.7 Å². The van der Waals surface area contributed by atoms with Crippen LogP contribution < -0.4 is 5.73 Å². The van der Waals surface area contributed by atoms with Gasteiger partial charge in [0.05, 0.1) is 29.6 Å². The molecule has 0 radical (unpaired) electrons. The van der Waals surface area contributed by atoms with Gasteiger partial charge in [-0.05, 0) is 23.7 Å². The van der Waals surface area contributed by atoms with Crippen molar-refractivity contribution in [3.8, 4) is 5.69 Å². The van der Waals surface area contributed by atoms with Crippen LogP contribution in [0.1, 0.15) is 29.2 Å². The normalized spacial score (nSPS) is 27.4. The Morgan fingerprint density at radius 3 is 2.63 bits per heavy atom. The maximum Gasteiger partial charge on any atom is 0.418 e. The molecule has 0 spiro atoms. The van der Waals surface area contributed by atoms with Crippen LogP contribution in [0.15, 0.2) is 59.7 Å². The van der Waals surface area contributed by atoms with Gasteiger partial charge in [0.25, 0.3) is 0 Å². The number of fused-ring (bicyclic) bond motifs is 1. The topological polar surface area (TPSA) is 130 Å². The molecule has 5 rings (SSSR count). The SMILES string of the molecule is CO[C@@H]1[C@@H](N=[N+]=[N-])[C@H]2OC(c3ccccc3)OC[C@H]2O[C@H]1c1cc(N)nn1-c1cc(Cl)ccc1C(F)(F)F. The number of nitrogens with zero attached hydrogens (tertiary/aromatic N) is 5. The van der Waals surface area contributed by atoms with Crippen molar-refractivity contribution in [1.82, 2.24) is 9.78 Å². The molecule has 3 aromatic rings. The highest BCUT2D eigenvalue weighted by atomic mass is 35.5. The van der Waals surface area contributed by atoms with Crippen LogP contribution in [-0.2, 0) is 25.1 Å². The lowest BCUT2D eigenvalue weighted by Crippen LogP contribution is -2.59. The first-order chi connectivity index (χ1) is 18.2. The third kappa shape index (κ3) is 4.92. The van der Waals surface area contributed by atoms with Gasteiger partial charge in [-0.15, -0.1) is 0 Å². The summed E-state index contributed by atoms with van der Waals surface area (Å²) >= 11 is 6.05. The van der Waals surface area contributed by atoms with Crippen molar-refractivity contribution >= 4 is 17.4 Å². The first-order valence-corrected chi connectivity index (χ1v) is 11.9. The maximum atomic E-state index is 13.9. The molecule has 0 saturated carbocycles. The molecule has 1 aromatic heterocycles. The quantitative estimate of drug-likeness (QED) is 0.258. The van der Waals surface area contributed by atoms with E-state index in [1.165, 1.54) is 13.2 Å². The average Bonchev–Trinajstić information content (AvgIpc) is 3.29. The van der Waals surface area contributed by atoms with Crippen molar-refractivity contribution in [2.24, 2.45) is 5.11 Å². The smallest absolute Gasteiger partial charge is 0.382 e. The Morgan fingerprint density at radius 1 is 1.18 bits per heavy atom. The summed E-state index contributed by atoms with van der Waals surface area (Å²) in [6.07, 6.45) is -8.98. The number of rotatable bonds is 5. The van der Waals surface area contributed by atoms with Crippen LogP contribution in [0.25, 0.3) is 16.1 Å². The maximum absolute atomic E-state index is 13.9. The third-order valence-electron chi connectivity index (χ3n) is 6.42. The molecular weight excluding hydrogens is 529 g/mol. The number of alkyl halides is 3. The van der Waals surface area contributed by atoms with Crippen molar-refractivity contribution in [3.63, 3.8) is 0 Å². The summed E-state index contributed by atoms with van der Waals surface area (Å²) in [4.78, 5) is 2.97. The lowest BCUT2D eigenvalue weighted by atomic mass is 9.90. The van der Waals surface area contributed by atoms with Crippen LogP contribution >= 0.6 is 11.6 Å². The number of benzene rings is 2. The molecule has 200 valence electrons. The minimum atomic E-state index is -4.71. The van der Waals surface area contributed by atoms with Gasteiger partial charge >= 0.3 is 6.18 Å². The summed E-state index contributed by atoms with van der Waals surface area (Å²) in [7, 11) is 1.37. The predicted molar refractivity (Wildman–Crippen MR) is 129 cm³/mol. The van der Waals surface area contributed by atoms with Crippen LogP contribution in [0.4, 0.5) is 19.0 Å². The van der Waals surface area contributed by atoms with Gasteiger partial charge in [-0.25, -0.2) is 4.68 Å². The molecule has 2 fully saturated rings. The monoisotopic (exact) mass is 550 g/mol. The molecule has 0 aliphatic carbocycles. The molecule has 2 aliphatic heterocycles. The van der Waals surface area contributed by atoms with E-state index in [1.54, 1.807) is 0 Å². The molecule has 10 nitrogen and oxygen atoms in total. The number of methoxy groups -OCH3 is 1. The minimum absolute atomic E-state index is 0.0587. The number of halogens is 4. The fraction of sp³-hybridized carbons (Fsp3) is 0.375. The van der Waals surface area contributed by atoms with Gasteiger partial charge in [-0.1, -0.05) is 47.0 Å². The number of ether oxygens (including phenoxy) is 4. The second-order valence-electron chi connectivity index (χ2n) is 8.73. The number of aromatic nitrogens is 2. The van der Waals surface area contributed by atoms with Crippen LogP contribution in [0.2, 0.25) is 5.02 Å². The molecule has 2 aromatic carbocycles. The third-order valence-corrected chi connectivity index (χ3v) is 6.66. The van der Waals surface area contributed by atoms with Gasteiger partial charge in [0.2, 0.25) is 0 Å². The first-order valence-electron chi connectivity index (χ1n) is 11.5. The summed E-state index contributed by atoms with van der Waals surface area (Å²) in [5.74, 6) is -0.0608. The van der Waals surface area contributed by atoms with Gasteiger partial charge in [-0.3, -0.25) is 0 Å². The highest BCUT2D eigenvalue weighted by molar-refractivity contribution is 6.30. The zero-order valence-corrected chi connectivity index (χ0v) is 20.6. The van der Waals surface area contributed by atoms with E-state index in [1.807, 2.05) is 30.3 Å². The second-order valence-corrected chi connectivity index (χ2v) is 9.17. The Balaban J connectivity index is 1.55. The average molecular weight is 551 g/mol. The van der Waals surface area contributed by atoms with Crippen molar-refractivity contribution in [2.75, 3.05) is 19.5 Å². The first kappa shape index (κ1) is 26.3. The van der Waals surface area contributed by atoms with Crippen LogP contribution in [0.5, 0.6) is 0 Å². The Labute approximate surface area is 219 Å². The molecule has 0 amide bonds. The number of nitrogens with two attached hydrogens (primary N) is 1. The molecule has 3 heterocycles. The highest BCUT2D eigenvalue weighted by Crippen LogP contribution is 2.43. The van der Waals surface area contributed by atoms with Gasteiger partial charge in [0.15, 0.2) is 6.29 Å². The van der Waals surface area contributed by atoms with Gasteiger partial charge in [0.1, 0.15) is 30.2 Å². The van der Waals surface area contributed by atoms with E-state index < -0.39 is 48.5 Å². The summed E-state index contributed by atoms with van der Waals surface area (Å²) in [5.41, 5.74) is 14.9. The Hall–Kier alpha value is -3.32. The van der Waals surface area contributed by atoms with Crippen LogP contribution in [0, 0.1) is 0 Å². The standard InChI is InChI=1S/C24H22ClF3N6O4/c1-35-22-19(31-33-30)21-17(11-36-23(38-21)12-5-3-2-4-6-12)37-20(22)16-10-18(29)32-34(16)15-9-13(25)7-8-14(15)24(26,27)28/h2-10,17,19-23H,11H2,1H3,(H2,29,32)/t17-,19+,20+,21+,22-,23?/m1/s1. The zero-order chi connectivity index (χ0) is 27.0. The molecular formula is C24H22ClF3N6O4. The minimum Gasteiger partial charge on any atom is -0.382 e. The molecule has 2 N–H and O–H groups in total. The molecule has 38 heavy (non-hydrogen) atoms. The number of hydrogen-bond acceptors (Lipinski definition) is 7. The summed E-state index contributed by atoms with van der Waals surface area (Å²) < 4.78 is 66.7. The van der Waals surface area contributed by atoms with E-state index >= 15 is 0 Å². The Bertz CT molecular complexity index is 1350. The number of azide groups is 1. The summed E-state index contributed by atoms with van der Waals surface area (Å²) in [6, 6.07) is 12.8. The predicted octanol–water partition coefficient (Wildman–Crippen LogP) is 5.37. The summed E-state index contributed by atoms with van der Waals surface area (Å²) in [6.45, 7) is 0.0587. The summed E-state index contributed by atoms with van der Waals surface area (Å²) in [5, 5.41) is 8.10. The van der Waals surface area contributed by atoms with Crippen LogP contribution in [-0.4, -0.2) is 47.9 Å². The van der Waals surface area contributed by atoms with Crippen molar-refractivity contribution in [2.45, 2.75) is 42.9 Å². The molecule has 6 atom stereocenters. The largest absolute Gasteiger partial charge is 0.418 e. The Kier molecular flexibility index (Phi) is 7.23. The molecule has 2 aliphatic rings. The lowest BCUT2D eigenvalue weighted by molar-refractivity contribution is -0.310. The van der Waals surface area contributed by atoms with Crippen molar-refractivity contribution < 1.29 is 32.1 Å². The van der Waals surface area contributed by atoms with E-state index in [2.05, 4.69) is 15.1 Å². The van der Waals surface area contributed by atoms with E-state index in [9.17, 15) is 18.7 Å². The van der Waals surface area contributed by atoms with E-state index in [4.69, 9.17) is 36.3 Å². The zero-order valence-electron chi connectivity index (χ0n) is 19.8. The number of anilines is 1. The van der Waals surface area contributed by atoms with Crippen molar-refractivity contribution in [3.05, 3.63) is 86.9 Å². The van der Waals surface area contributed by atoms with E-state index in [0.717, 1.165) is 28.4 Å². The fourth-order valence-corrected chi connectivity index (χ4v) is 4.97. The fourth-order valence-electron chi connectivity index (χ4n) is 4.80. The van der Waals surface area contributed by atoms with Gasteiger partial charge in [0, 0.05) is 28.7 Å².